The molecule has 1 aliphatic carbocycles. The average Bonchev–Trinajstić information content (AvgIpc) is 1.81. The Balaban J connectivity index is 2.84. The number of allylic oxidation sites excluding steroid dienone is 1. The minimum absolute atomic E-state index is 0.0662. The van der Waals surface area contributed by atoms with E-state index in [0.717, 1.165) is 6.08 Å². The van der Waals surface area contributed by atoms with Gasteiger partial charge >= 0.3 is 0 Å². The zero-order valence-electron chi connectivity index (χ0n) is 5.79. The van der Waals surface area contributed by atoms with Crippen molar-refractivity contribution < 1.29 is 15.0 Å². The van der Waals surface area contributed by atoms with Crippen molar-refractivity contribution in [2.75, 3.05) is 0 Å². The Kier molecular flexibility index (Phi) is 1.52. The third kappa shape index (κ3) is 1.19. The van der Waals surface area contributed by atoms with Crippen molar-refractivity contribution in [2.24, 2.45) is 0 Å². The molecule has 56 valence electrons. The summed E-state index contributed by atoms with van der Waals surface area (Å²) in [5.74, 6) is -0.340. The molecule has 1 aliphatic rings. The van der Waals surface area contributed by atoms with Gasteiger partial charge in [-0.2, -0.15) is 0 Å². The maximum Gasteiger partial charge on any atom is 0.190 e. The van der Waals surface area contributed by atoms with E-state index >= 15 is 0 Å². The van der Waals surface area contributed by atoms with Crippen molar-refractivity contribution in [1.82, 2.24) is 0 Å². The van der Waals surface area contributed by atoms with Gasteiger partial charge in [0.05, 0.1) is 5.76 Å². The van der Waals surface area contributed by atoms with Crippen LogP contribution in [0.5, 0.6) is 0 Å². The van der Waals surface area contributed by atoms with Gasteiger partial charge in [-0.05, 0) is 13.3 Å². The van der Waals surface area contributed by atoms with E-state index in [1.165, 1.54) is 6.92 Å². The van der Waals surface area contributed by atoms with Gasteiger partial charge in [0.1, 0.15) is 5.60 Å². The fraction of sp³-hybridized carbons (Fsp3) is 0.571. The molecule has 1 rings (SSSR count). The normalized spacial score (nSPS) is 33.8. The van der Waals surface area contributed by atoms with Crippen molar-refractivity contribution in [3.05, 3.63) is 11.8 Å². The van der Waals surface area contributed by atoms with E-state index in [1.807, 2.05) is 0 Å². The van der Waals surface area contributed by atoms with E-state index in [2.05, 4.69) is 0 Å². The van der Waals surface area contributed by atoms with Gasteiger partial charge in [-0.3, -0.25) is 4.79 Å². The molecule has 0 aliphatic heterocycles. The highest BCUT2D eigenvalue weighted by molar-refractivity contribution is 5.97. The molecule has 2 N–H and O–H groups in total. The number of hydrogen-bond acceptors (Lipinski definition) is 3. The van der Waals surface area contributed by atoms with Gasteiger partial charge < -0.3 is 10.2 Å². The number of ketones is 1. The third-order valence-corrected chi connectivity index (χ3v) is 1.70. The summed E-state index contributed by atoms with van der Waals surface area (Å²) in [5, 5.41) is 18.1. The van der Waals surface area contributed by atoms with Crippen molar-refractivity contribution in [1.29, 1.82) is 0 Å². The van der Waals surface area contributed by atoms with E-state index in [4.69, 9.17) is 5.11 Å². The second kappa shape index (κ2) is 2.09. The lowest BCUT2D eigenvalue weighted by molar-refractivity contribution is -0.132. The predicted molar refractivity (Wildman–Crippen MR) is 35.6 cm³/mol. The molecular weight excluding hydrogens is 132 g/mol. The first-order valence-corrected chi connectivity index (χ1v) is 3.19. The molecule has 0 heterocycles. The number of rotatable bonds is 0. The van der Waals surface area contributed by atoms with Gasteiger partial charge in [-0.25, -0.2) is 0 Å². The molecule has 3 nitrogen and oxygen atoms in total. The number of hydrogen-bond donors (Lipinski definition) is 2. The van der Waals surface area contributed by atoms with Crippen LogP contribution in [0, 0.1) is 0 Å². The predicted octanol–water partition coefficient (Wildman–Crippen LogP) is 0.542. The molecule has 0 spiro atoms. The molecule has 1 unspecified atom stereocenters. The minimum Gasteiger partial charge on any atom is -0.512 e. The van der Waals surface area contributed by atoms with Crippen LogP contribution in [0.1, 0.15) is 19.8 Å². The van der Waals surface area contributed by atoms with Gasteiger partial charge in [0.15, 0.2) is 5.78 Å². The summed E-state index contributed by atoms with van der Waals surface area (Å²) in [5.41, 5.74) is -1.26. The standard InChI is InChI=1S/C7H10O3/c1-7(10)3-2-5(8)4-6(7)9/h4,8,10H,2-3H2,1H3. The van der Waals surface area contributed by atoms with Gasteiger partial charge in [-0.1, -0.05) is 0 Å². The largest absolute Gasteiger partial charge is 0.512 e. The Morgan fingerprint density at radius 1 is 1.70 bits per heavy atom. The molecule has 0 fully saturated rings. The van der Waals surface area contributed by atoms with Crippen molar-refractivity contribution in [3.63, 3.8) is 0 Å². The molecule has 0 aromatic rings. The lowest BCUT2D eigenvalue weighted by atomic mass is 9.89. The summed E-state index contributed by atoms with van der Waals surface area (Å²) >= 11 is 0. The van der Waals surface area contributed by atoms with Crippen molar-refractivity contribution >= 4 is 5.78 Å². The summed E-state index contributed by atoms with van der Waals surface area (Å²) < 4.78 is 0. The van der Waals surface area contributed by atoms with Crippen LogP contribution in [0.15, 0.2) is 11.8 Å². The minimum atomic E-state index is -1.26. The summed E-state index contributed by atoms with van der Waals surface area (Å²) in [6, 6.07) is 0. The fourth-order valence-electron chi connectivity index (χ4n) is 0.874. The number of aliphatic hydroxyl groups excluding tert-OH is 1. The SMILES string of the molecule is CC1(O)CCC(O)=CC1=O. The van der Waals surface area contributed by atoms with Crippen LogP contribution in [0.2, 0.25) is 0 Å². The van der Waals surface area contributed by atoms with Crippen molar-refractivity contribution in [2.45, 2.75) is 25.4 Å². The summed E-state index contributed by atoms with van der Waals surface area (Å²) in [4.78, 5) is 10.8. The summed E-state index contributed by atoms with van der Waals surface area (Å²) in [6.45, 7) is 1.46. The highest BCUT2D eigenvalue weighted by Crippen LogP contribution is 2.22. The van der Waals surface area contributed by atoms with Crippen LogP contribution >= 0.6 is 0 Å². The molecule has 0 saturated carbocycles. The topological polar surface area (TPSA) is 57.5 Å². The van der Waals surface area contributed by atoms with E-state index < -0.39 is 11.4 Å². The Morgan fingerprint density at radius 2 is 2.30 bits per heavy atom. The number of carbonyl (C=O) groups is 1. The lowest BCUT2D eigenvalue weighted by Crippen LogP contribution is -2.36. The molecule has 0 aromatic carbocycles. The highest BCUT2D eigenvalue weighted by Gasteiger charge is 2.31. The molecule has 0 aromatic heterocycles. The molecule has 10 heavy (non-hydrogen) atoms. The van der Waals surface area contributed by atoms with Crippen LogP contribution in [0.4, 0.5) is 0 Å². The second-order valence-electron chi connectivity index (χ2n) is 2.77. The molecule has 0 amide bonds. The van der Waals surface area contributed by atoms with E-state index in [0.29, 0.717) is 12.8 Å². The monoisotopic (exact) mass is 142 g/mol. The Bertz CT molecular complexity index is 191. The van der Waals surface area contributed by atoms with Crippen LogP contribution in [-0.4, -0.2) is 21.6 Å². The highest BCUT2D eigenvalue weighted by atomic mass is 16.3. The van der Waals surface area contributed by atoms with Gasteiger partial charge in [-0.15, -0.1) is 0 Å². The van der Waals surface area contributed by atoms with Gasteiger partial charge in [0.25, 0.3) is 0 Å². The van der Waals surface area contributed by atoms with Gasteiger partial charge in [0.2, 0.25) is 0 Å². The van der Waals surface area contributed by atoms with Crippen LogP contribution in [0.25, 0.3) is 0 Å². The average molecular weight is 142 g/mol. The maximum atomic E-state index is 10.8. The van der Waals surface area contributed by atoms with Crippen LogP contribution < -0.4 is 0 Å². The van der Waals surface area contributed by atoms with E-state index in [-0.39, 0.29) is 5.76 Å². The first kappa shape index (κ1) is 7.28. The van der Waals surface area contributed by atoms with E-state index in [9.17, 15) is 9.90 Å². The first-order chi connectivity index (χ1) is 4.52. The van der Waals surface area contributed by atoms with Crippen molar-refractivity contribution in [3.8, 4) is 0 Å². The second-order valence-corrected chi connectivity index (χ2v) is 2.77. The Hall–Kier alpha value is -0.830. The molecular formula is C7H10O3. The molecule has 1 atom stereocenters. The van der Waals surface area contributed by atoms with E-state index in [1.54, 1.807) is 0 Å². The molecule has 3 heteroatoms. The maximum absolute atomic E-state index is 10.8. The third-order valence-electron chi connectivity index (χ3n) is 1.70. The lowest BCUT2D eigenvalue weighted by Gasteiger charge is -2.23. The number of carbonyl (C=O) groups excluding carboxylic acids is 1. The zero-order chi connectivity index (χ0) is 7.78. The van der Waals surface area contributed by atoms with Crippen LogP contribution in [-0.2, 0) is 4.79 Å². The van der Waals surface area contributed by atoms with Gasteiger partial charge in [0, 0.05) is 12.5 Å². The molecule has 0 saturated heterocycles. The molecule has 0 bridgehead atoms. The summed E-state index contributed by atoms with van der Waals surface area (Å²) in [7, 11) is 0. The zero-order valence-corrected chi connectivity index (χ0v) is 5.79. The smallest absolute Gasteiger partial charge is 0.190 e. The quantitative estimate of drug-likeness (QED) is 0.519. The number of aliphatic hydroxyl groups is 2. The summed E-state index contributed by atoms with van der Waals surface area (Å²) in [6.07, 6.45) is 1.79. The fourth-order valence-corrected chi connectivity index (χ4v) is 0.874. The van der Waals surface area contributed by atoms with Crippen LogP contribution in [0.3, 0.4) is 0 Å². The Labute approximate surface area is 59.0 Å². The molecule has 0 radical (unpaired) electrons. The Morgan fingerprint density at radius 3 is 2.70 bits per heavy atom. The first-order valence-electron chi connectivity index (χ1n) is 3.19.